The number of aromatic nitrogens is 1. The van der Waals surface area contributed by atoms with Crippen molar-refractivity contribution in [2.75, 3.05) is 0 Å². The van der Waals surface area contributed by atoms with Gasteiger partial charge in [-0.25, -0.2) is 14.6 Å². The molecule has 0 saturated carbocycles. The second-order valence-corrected chi connectivity index (χ2v) is 6.11. The number of hydrogen-bond donors (Lipinski definition) is 0. The highest BCUT2D eigenvalue weighted by Crippen LogP contribution is 2.21. The van der Waals surface area contributed by atoms with Crippen LogP contribution in [0.25, 0.3) is 22.3 Å². The van der Waals surface area contributed by atoms with Gasteiger partial charge in [-0.2, -0.15) is 0 Å². The lowest BCUT2D eigenvalue weighted by Gasteiger charge is -2.08. The van der Waals surface area contributed by atoms with E-state index in [0.29, 0.717) is 22.5 Å². The minimum absolute atomic E-state index is 0.0200. The molecule has 0 spiro atoms. The fraction of sp³-hybridized carbons (Fsp3) is 0.0952. The lowest BCUT2D eigenvalue weighted by molar-refractivity contribution is 0.0474. The van der Waals surface area contributed by atoms with Crippen LogP contribution < -0.4 is 5.63 Å². The van der Waals surface area contributed by atoms with E-state index in [0.717, 1.165) is 16.5 Å². The molecule has 2 aromatic carbocycles. The number of rotatable bonds is 4. The van der Waals surface area contributed by atoms with Crippen LogP contribution in [0.4, 0.5) is 0 Å². The smallest absolute Gasteiger partial charge is 0.338 e. The van der Waals surface area contributed by atoms with Crippen molar-refractivity contribution in [3.63, 3.8) is 0 Å². The maximum Gasteiger partial charge on any atom is 0.338 e. The van der Waals surface area contributed by atoms with E-state index in [1.165, 1.54) is 12.5 Å². The van der Waals surface area contributed by atoms with Gasteiger partial charge >= 0.3 is 11.6 Å². The fourth-order valence-corrected chi connectivity index (χ4v) is 2.81. The summed E-state index contributed by atoms with van der Waals surface area (Å²) in [6.07, 6.45) is 2.95. The van der Waals surface area contributed by atoms with Crippen molar-refractivity contribution < 1.29 is 18.4 Å². The lowest BCUT2D eigenvalue weighted by Crippen LogP contribution is -2.08. The normalized spacial score (nSPS) is 10.9. The van der Waals surface area contributed by atoms with Crippen LogP contribution in [0.5, 0.6) is 0 Å². The number of benzene rings is 2. The van der Waals surface area contributed by atoms with Crippen LogP contribution in [0.2, 0.25) is 0 Å². The first-order valence-corrected chi connectivity index (χ1v) is 8.29. The standard InChI is InChI=1S/C21H15NO5/c1-13-2-7-17-16(9-20(23)27-18(17)8-13)11-25-21(24)15-5-3-14(4-6-15)19-10-22-12-26-19/h2-10,12H,11H2,1H3. The maximum atomic E-state index is 12.3. The summed E-state index contributed by atoms with van der Waals surface area (Å²) in [6, 6.07) is 13.7. The zero-order chi connectivity index (χ0) is 18.8. The minimum Gasteiger partial charge on any atom is -0.457 e. The first kappa shape index (κ1) is 16.8. The van der Waals surface area contributed by atoms with E-state index in [4.69, 9.17) is 13.6 Å². The second-order valence-electron chi connectivity index (χ2n) is 6.11. The third kappa shape index (κ3) is 3.50. The van der Waals surface area contributed by atoms with Crippen molar-refractivity contribution in [3.8, 4) is 11.3 Å². The van der Waals surface area contributed by atoms with Gasteiger partial charge in [0.15, 0.2) is 12.2 Å². The van der Waals surface area contributed by atoms with E-state index < -0.39 is 11.6 Å². The molecule has 0 aliphatic carbocycles. The molecule has 2 heterocycles. The first-order chi connectivity index (χ1) is 13.1. The average molecular weight is 361 g/mol. The number of hydrogen-bond acceptors (Lipinski definition) is 6. The Morgan fingerprint density at radius 2 is 1.93 bits per heavy atom. The van der Waals surface area contributed by atoms with Gasteiger partial charge in [-0.3, -0.25) is 0 Å². The van der Waals surface area contributed by atoms with Gasteiger partial charge in [-0.1, -0.05) is 24.3 Å². The number of nitrogens with zero attached hydrogens (tertiary/aromatic N) is 1. The van der Waals surface area contributed by atoms with E-state index in [9.17, 15) is 9.59 Å². The molecule has 0 aliphatic heterocycles. The van der Waals surface area contributed by atoms with Crippen LogP contribution in [0.15, 0.2) is 74.8 Å². The number of aryl methyl sites for hydroxylation is 1. The predicted octanol–water partition coefficient (Wildman–Crippen LogP) is 4.11. The van der Waals surface area contributed by atoms with Crippen LogP contribution in [0, 0.1) is 6.92 Å². The second kappa shape index (κ2) is 6.92. The summed E-state index contributed by atoms with van der Waals surface area (Å²) in [7, 11) is 0. The molecule has 0 N–H and O–H groups in total. The average Bonchev–Trinajstić information content (AvgIpc) is 3.20. The van der Waals surface area contributed by atoms with Crippen LogP contribution >= 0.6 is 0 Å². The van der Waals surface area contributed by atoms with Gasteiger partial charge in [0.2, 0.25) is 0 Å². The summed E-state index contributed by atoms with van der Waals surface area (Å²) in [4.78, 5) is 28.0. The van der Waals surface area contributed by atoms with Crippen molar-refractivity contribution in [3.05, 3.63) is 88.2 Å². The van der Waals surface area contributed by atoms with E-state index in [1.54, 1.807) is 36.5 Å². The van der Waals surface area contributed by atoms with Gasteiger partial charge in [0.1, 0.15) is 12.2 Å². The van der Waals surface area contributed by atoms with Gasteiger partial charge in [0.05, 0.1) is 11.8 Å². The largest absolute Gasteiger partial charge is 0.457 e. The first-order valence-electron chi connectivity index (χ1n) is 8.29. The number of carbonyl (C=O) groups excluding carboxylic acids is 1. The summed E-state index contributed by atoms with van der Waals surface area (Å²) >= 11 is 0. The molecular weight excluding hydrogens is 346 g/mol. The Kier molecular flexibility index (Phi) is 4.30. The highest BCUT2D eigenvalue weighted by molar-refractivity contribution is 5.90. The van der Waals surface area contributed by atoms with E-state index in [2.05, 4.69) is 4.98 Å². The van der Waals surface area contributed by atoms with Crippen LogP contribution in [0.1, 0.15) is 21.5 Å². The molecule has 0 atom stereocenters. The number of carbonyl (C=O) groups is 1. The van der Waals surface area contributed by atoms with E-state index in [-0.39, 0.29) is 6.61 Å². The topological polar surface area (TPSA) is 82.5 Å². The molecule has 4 rings (SSSR count). The number of esters is 1. The highest BCUT2D eigenvalue weighted by atomic mass is 16.5. The van der Waals surface area contributed by atoms with E-state index >= 15 is 0 Å². The van der Waals surface area contributed by atoms with E-state index in [1.807, 2.05) is 19.1 Å². The van der Waals surface area contributed by atoms with Crippen molar-refractivity contribution in [2.24, 2.45) is 0 Å². The van der Waals surface area contributed by atoms with Crippen LogP contribution in [-0.2, 0) is 11.3 Å². The fourth-order valence-electron chi connectivity index (χ4n) is 2.81. The summed E-state index contributed by atoms with van der Waals surface area (Å²) in [5.41, 5.74) is 2.80. The summed E-state index contributed by atoms with van der Waals surface area (Å²) in [5.74, 6) is 0.139. The Hall–Kier alpha value is -3.67. The molecule has 6 heteroatoms. The van der Waals surface area contributed by atoms with Crippen molar-refractivity contribution in [1.82, 2.24) is 4.98 Å². The molecule has 0 bridgehead atoms. The predicted molar refractivity (Wildman–Crippen MR) is 98.3 cm³/mol. The molecule has 0 unspecified atom stereocenters. The van der Waals surface area contributed by atoms with Crippen LogP contribution in [0.3, 0.4) is 0 Å². The monoisotopic (exact) mass is 361 g/mol. The van der Waals surface area contributed by atoms with Gasteiger partial charge in [0.25, 0.3) is 0 Å². The quantitative estimate of drug-likeness (QED) is 0.402. The maximum absolute atomic E-state index is 12.3. The molecule has 6 nitrogen and oxygen atoms in total. The van der Waals surface area contributed by atoms with Gasteiger partial charge < -0.3 is 13.6 Å². The zero-order valence-electron chi connectivity index (χ0n) is 14.5. The van der Waals surface area contributed by atoms with Gasteiger partial charge in [-0.05, 0) is 30.7 Å². The molecular formula is C21H15NO5. The molecule has 0 fully saturated rings. The van der Waals surface area contributed by atoms with Gasteiger partial charge in [0, 0.05) is 22.6 Å². The minimum atomic E-state index is -0.479. The molecule has 0 aliphatic rings. The Labute approximate surface area is 154 Å². The van der Waals surface area contributed by atoms with Crippen LogP contribution in [-0.4, -0.2) is 11.0 Å². The molecule has 0 saturated heterocycles. The van der Waals surface area contributed by atoms with Gasteiger partial charge in [-0.15, -0.1) is 0 Å². The SMILES string of the molecule is Cc1ccc2c(COC(=O)c3ccc(-c4cnco4)cc3)cc(=O)oc2c1. The third-order valence-corrected chi connectivity index (χ3v) is 4.18. The number of fused-ring (bicyclic) bond motifs is 1. The van der Waals surface area contributed by atoms with Crippen molar-refractivity contribution >= 4 is 16.9 Å². The molecule has 4 aromatic rings. The summed E-state index contributed by atoms with van der Waals surface area (Å²) in [5, 5.41) is 0.744. The molecule has 27 heavy (non-hydrogen) atoms. The highest BCUT2D eigenvalue weighted by Gasteiger charge is 2.12. The Morgan fingerprint density at radius 3 is 2.67 bits per heavy atom. The molecule has 0 amide bonds. The molecule has 0 radical (unpaired) electrons. The Bertz CT molecular complexity index is 1160. The Morgan fingerprint density at radius 1 is 1.11 bits per heavy atom. The molecule has 2 aromatic heterocycles. The lowest BCUT2D eigenvalue weighted by atomic mass is 10.1. The Balaban J connectivity index is 1.53. The summed E-state index contributed by atoms with van der Waals surface area (Å²) in [6.45, 7) is 1.89. The summed E-state index contributed by atoms with van der Waals surface area (Å²) < 4.78 is 15.8. The van der Waals surface area contributed by atoms with Crippen molar-refractivity contribution in [1.29, 1.82) is 0 Å². The molecule has 134 valence electrons. The zero-order valence-corrected chi connectivity index (χ0v) is 14.5. The van der Waals surface area contributed by atoms with Crippen molar-refractivity contribution in [2.45, 2.75) is 13.5 Å². The third-order valence-electron chi connectivity index (χ3n) is 4.18. The number of ether oxygens (including phenoxy) is 1. The number of oxazole rings is 1.